The molecule has 2 rings (SSSR count). The molecule has 0 radical (unpaired) electrons. The third-order valence-electron chi connectivity index (χ3n) is 3.13. The van der Waals surface area contributed by atoms with Crippen LogP contribution in [0.1, 0.15) is 30.4 Å². The van der Waals surface area contributed by atoms with Gasteiger partial charge in [-0.2, -0.15) is 6.42 Å². The minimum Gasteiger partial charge on any atom is -0.362 e. The summed E-state index contributed by atoms with van der Waals surface area (Å²) in [5.41, 5.74) is 2.44. The number of hydrogen-bond donors (Lipinski definition) is 0. The molecule has 1 nitrogen and oxygen atoms in total. The molecule has 1 aliphatic heterocycles. The molecule has 0 atom stereocenters. The predicted molar refractivity (Wildman–Crippen MR) is 72.6 cm³/mol. The fourth-order valence-corrected chi connectivity index (χ4v) is 2.41. The number of piperidine rings is 1. The molecule has 17 heavy (non-hydrogen) atoms. The summed E-state index contributed by atoms with van der Waals surface area (Å²) >= 11 is 5.53. The number of nitrogens with zero attached hydrogens (tertiary/aromatic N) is 1. The molecule has 3 heteroatoms. The summed E-state index contributed by atoms with van der Waals surface area (Å²) < 4.78 is 0. The zero-order valence-corrected chi connectivity index (χ0v) is 11.4. The van der Waals surface area contributed by atoms with Crippen molar-refractivity contribution in [2.45, 2.75) is 25.7 Å². The minimum absolute atomic E-state index is 0. The van der Waals surface area contributed by atoms with Crippen LogP contribution < -0.4 is 18.9 Å². The molecule has 0 saturated carbocycles. The largest absolute Gasteiger partial charge is 1.00 e. The van der Waals surface area contributed by atoms with Crippen molar-refractivity contribution in [1.82, 2.24) is 4.90 Å². The van der Waals surface area contributed by atoms with E-state index in [0.717, 1.165) is 24.5 Å². The Kier molecular flexibility index (Phi) is 6.26. The van der Waals surface area contributed by atoms with Gasteiger partial charge in [0.15, 0.2) is 0 Å². The Morgan fingerprint density at radius 2 is 1.71 bits per heavy atom. The summed E-state index contributed by atoms with van der Waals surface area (Å²) in [5.74, 6) is 0. The maximum absolute atomic E-state index is 5.53. The quantitative estimate of drug-likeness (QED) is 0.413. The molecule has 1 saturated heterocycles. The van der Waals surface area contributed by atoms with Crippen LogP contribution in [0.5, 0.6) is 0 Å². The summed E-state index contributed by atoms with van der Waals surface area (Å²) in [5, 5.41) is 0. The van der Waals surface area contributed by atoms with Gasteiger partial charge in [-0.25, -0.2) is 0 Å². The van der Waals surface area contributed by atoms with E-state index in [9.17, 15) is 0 Å². The Morgan fingerprint density at radius 3 is 2.24 bits per heavy atom. The van der Waals surface area contributed by atoms with Crippen LogP contribution >= 0.6 is 12.2 Å². The second kappa shape index (κ2) is 7.21. The first-order valence-corrected chi connectivity index (χ1v) is 6.39. The van der Waals surface area contributed by atoms with E-state index in [1.807, 2.05) is 0 Å². The molecular weight excluding hydrogens is 221 g/mol. The smallest absolute Gasteiger partial charge is 0.362 e. The summed E-state index contributed by atoms with van der Waals surface area (Å²) in [6.07, 6.45) is 4.74. The number of likely N-dealkylation sites (tertiary alicyclic amines) is 1. The van der Waals surface area contributed by atoms with E-state index in [2.05, 4.69) is 36.1 Å². The predicted octanol–water partition coefficient (Wildman–Crippen LogP) is 0.229. The third kappa shape index (κ3) is 3.84. The Labute approximate surface area is 122 Å². The van der Waals surface area contributed by atoms with Crippen LogP contribution in [-0.4, -0.2) is 23.0 Å². The third-order valence-corrected chi connectivity index (χ3v) is 3.63. The summed E-state index contributed by atoms with van der Waals surface area (Å²) in [4.78, 5) is 3.34. The molecule has 0 aromatic heterocycles. The number of benzene rings is 1. The number of thiocarbonyl (C=S) groups is 1. The van der Waals surface area contributed by atoms with Crippen molar-refractivity contribution in [2.24, 2.45) is 0 Å². The number of rotatable bonds is 2. The molecular formula is C14H18LiNS. The van der Waals surface area contributed by atoms with E-state index < -0.39 is 0 Å². The normalized spacial score (nSPS) is 15.2. The Morgan fingerprint density at radius 1 is 1.12 bits per heavy atom. The average molecular weight is 239 g/mol. The average Bonchev–Trinajstić information content (AvgIpc) is 2.39. The van der Waals surface area contributed by atoms with Gasteiger partial charge < -0.3 is 11.8 Å². The minimum atomic E-state index is 0. The maximum atomic E-state index is 5.53. The van der Waals surface area contributed by atoms with Crippen LogP contribution in [0, 0.1) is 6.92 Å². The second-order valence-corrected chi connectivity index (χ2v) is 4.69. The first-order chi connectivity index (χ1) is 7.81. The van der Waals surface area contributed by atoms with E-state index in [0.29, 0.717) is 0 Å². The molecule has 1 aliphatic rings. The Bertz CT molecular complexity index is 355. The topological polar surface area (TPSA) is 3.24 Å². The van der Waals surface area contributed by atoms with E-state index >= 15 is 0 Å². The van der Waals surface area contributed by atoms with Crippen LogP contribution in [0.4, 0.5) is 0 Å². The first-order valence-electron chi connectivity index (χ1n) is 5.99. The van der Waals surface area contributed by atoms with Crippen molar-refractivity contribution >= 4 is 17.2 Å². The summed E-state index contributed by atoms with van der Waals surface area (Å²) in [6, 6.07) is 8.49. The molecule has 0 aliphatic carbocycles. The van der Waals surface area contributed by atoms with Gasteiger partial charge in [0.2, 0.25) is 0 Å². The zero-order chi connectivity index (χ0) is 11.4. The molecule has 0 N–H and O–H groups in total. The van der Waals surface area contributed by atoms with Gasteiger partial charge in [-0.1, -0.05) is 42.0 Å². The fraction of sp³-hybridized carbons (Fsp3) is 0.429. The molecule has 0 unspecified atom stereocenters. The Hall–Kier alpha value is -0.293. The molecule has 1 aromatic carbocycles. The van der Waals surface area contributed by atoms with E-state index in [4.69, 9.17) is 12.2 Å². The second-order valence-electron chi connectivity index (χ2n) is 4.30. The standard InChI is InChI=1S/C14H18NS.Li/c1-2-12-6-8-13(9-7-12)14(16)15-10-4-3-5-11-15;/h6-9H,1-5,10-11H2;/q-1;+1. The summed E-state index contributed by atoms with van der Waals surface area (Å²) in [7, 11) is 0. The van der Waals surface area contributed by atoms with E-state index in [1.54, 1.807) is 0 Å². The van der Waals surface area contributed by atoms with Crippen molar-refractivity contribution in [3.63, 3.8) is 0 Å². The van der Waals surface area contributed by atoms with Crippen LogP contribution in [0.2, 0.25) is 0 Å². The monoisotopic (exact) mass is 239 g/mol. The van der Waals surface area contributed by atoms with Gasteiger partial charge in [-0.15, -0.1) is 0 Å². The van der Waals surface area contributed by atoms with Gasteiger partial charge in [-0.3, -0.25) is 0 Å². The number of hydrogen-bond acceptors (Lipinski definition) is 1. The van der Waals surface area contributed by atoms with Gasteiger partial charge >= 0.3 is 18.9 Å². The van der Waals surface area contributed by atoms with Crippen molar-refractivity contribution in [1.29, 1.82) is 0 Å². The van der Waals surface area contributed by atoms with E-state index in [-0.39, 0.29) is 18.9 Å². The van der Waals surface area contributed by atoms with Gasteiger partial charge in [0.1, 0.15) is 4.99 Å². The van der Waals surface area contributed by atoms with Gasteiger partial charge in [-0.05, 0) is 19.3 Å². The van der Waals surface area contributed by atoms with Crippen molar-refractivity contribution < 1.29 is 18.9 Å². The van der Waals surface area contributed by atoms with Crippen molar-refractivity contribution in [2.75, 3.05) is 13.1 Å². The Balaban J connectivity index is 0.00000144. The molecule has 1 aromatic rings. The van der Waals surface area contributed by atoms with Crippen molar-refractivity contribution in [3.05, 3.63) is 42.3 Å². The molecule has 86 valence electrons. The first kappa shape index (κ1) is 14.8. The molecule has 0 spiro atoms. The van der Waals surface area contributed by atoms with Gasteiger partial charge in [0.05, 0.1) is 0 Å². The van der Waals surface area contributed by atoms with Crippen LogP contribution in [-0.2, 0) is 6.42 Å². The van der Waals surface area contributed by atoms with Crippen molar-refractivity contribution in [3.8, 4) is 0 Å². The molecule has 1 heterocycles. The SMILES string of the molecule is [CH2-]Cc1ccc(C(=S)N2CCCCC2)cc1.[Li+]. The summed E-state index contributed by atoms with van der Waals surface area (Å²) in [6.45, 7) is 6.12. The zero-order valence-electron chi connectivity index (χ0n) is 10.6. The molecule has 1 fully saturated rings. The van der Waals surface area contributed by atoms with Crippen LogP contribution in [0.25, 0.3) is 0 Å². The van der Waals surface area contributed by atoms with Gasteiger partial charge in [0, 0.05) is 18.7 Å². The van der Waals surface area contributed by atoms with Crippen LogP contribution in [0.3, 0.4) is 0 Å². The van der Waals surface area contributed by atoms with E-state index in [1.165, 1.54) is 30.4 Å². The van der Waals surface area contributed by atoms with Crippen LogP contribution in [0.15, 0.2) is 24.3 Å². The maximum Gasteiger partial charge on any atom is 1.00 e. The van der Waals surface area contributed by atoms with Gasteiger partial charge in [0.25, 0.3) is 0 Å². The fourth-order valence-electron chi connectivity index (χ4n) is 2.09. The molecule has 0 bridgehead atoms. The molecule has 0 amide bonds.